The van der Waals surface area contributed by atoms with Gasteiger partial charge in [0.2, 0.25) is 0 Å². The standard InChI is InChI=1S/C8H6F3IN2S/c1-3-4-5(12)6(8(9,10)11)14-7(13-4)15-2/h3H,1H2,2H3. The van der Waals surface area contributed by atoms with E-state index in [1.54, 1.807) is 28.8 Å². The Hall–Kier alpha value is -0.310. The number of alkyl halides is 3. The van der Waals surface area contributed by atoms with Gasteiger partial charge in [-0.25, -0.2) is 9.97 Å². The molecule has 0 saturated carbocycles. The van der Waals surface area contributed by atoms with E-state index < -0.39 is 11.9 Å². The number of nitrogens with zero attached hydrogens (tertiary/aromatic N) is 2. The number of hydrogen-bond donors (Lipinski definition) is 0. The highest BCUT2D eigenvalue weighted by Gasteiger charge is 2.36. The molecule has 0 spiro atoms. The van der Waals surface area contributed by atoms with Crippen LogP contribution in [0, 0.1) is 3.57 Å². The molecule has 1 heterocycles. The van der Waals surface area contributed by atoms with E-state index in [2.05, 4.69) is 16.5 Å². The molecule has 15 heavy (non-hydrogen) atoms. The van der Waals surface area contributed by atoms with Gasteiger partial charge in [-0.15, -0.1) is 0 Å². The first-order valence-electron chi connectivity index (χ1n) is 3.71. The summed E-state index contributed by atoms with van der Waals surface area (Å²) in [6.07, 6.45) is -1.55. The number of thioether (sulfide) groups is 1. The average Bonchev–Trinajstić information content (AvgIpc) is 2.16. The summed E-state index contributed by atoms with van der Waals surface area (Å²) >= 11 is 2.64. The molecule has 0 fully saturated rings. The van der Waals surface area contributed by atoms with Crippen LogP contribution in [-0.2, 0) is 6.18 Å². The summed E-state index contributed by atoms with van der Waals surface area (Å²) in [7, 11) is 0. The molecule has 0 atom stereocenters. The van der Waals surface area contributed by atoms with Crippen LogP contribution in [0.2, 0.25) is 0 Å². The minimum atomic E-state index is -4.46. The van der Waals surface area contributed by atoms with Crippen LogP contribution in [0.15, 0.2) is 11.7 Å². The Labute approximate surface area is 103 Å². The summed E-state index contributed by atoms with van der Waals surface area (Å²) in [6.45, 7) is 3.42. The zero-order valence-electron chi connectivity index (χ0n) is 7.60. The van der Waals surface area contributed by atoms with Crippen LogP contribution in [-0.4, -0.2) is 16.2 Å². The Balaban J connectivity index is 3.44. The van der Waals surface area contributed by atoms with Crippen molar-refractivity contribution in [3.63, 3.8) is 0 Å². The SMILES string of the molecule is C=Cc1nc(SC)nc(C(F)(F)F)c1I. The molecule has 82 valence electrons. The van der Waals surface area contributed by atoms with Crippen LogP contribution in [0.25, 0.3) is 6.08 Å². The predicted octanol–water partition coefficient (Wildman–Crippen LogP) is 3.46. The van der Waals surface area contributed by atoms with E-state index in [9.17, 15) is 13.2 Å². The average molecular weight is 346 g/mol. The van der Waals surface area contributed by atoms with Crippen LogP contribution in [0.5, 0.6) is 0 Å². The number of halogens is 4. The fourth-order valence-electron chi connectivity index (χ4n) is 0.858. The van der Waals surface area contributed by atoms with Crippen molar-refractivity contribution in [3.8, 4) is 0 Å². The van der Waals surface area contributed by atoms with Crippen molar-refractivity contribution in [1.82, 2.24) is 9.97 Å². The molecular formula is C8H6F3IN2S. The van der Waals surface area contributed by atoms with Crippen molar-refractivity contribution >= 4 is 40.4 Å². The fraction of sp³-hybridized carbons (Fsp3) is 0.250. The van der Waals surface area contributed by atoms with Gasteiger partial charge in [0, 0.05) is 0 Å². The van der Waals surface area contributed by atoms with Crippen molar-refractivity contribution in [1.29, 1.82) is 0 Å². The Morgan fingerprint density at radius 3 is 2.40 bits per heavy atom. The van der Waals surface area contributed by atoms with Gasteiger partial charge in [-0.3, -0.25) is 0 Å². The maximum absolute atomic E-state index is 12.5. The topological polar surface area (TPSA) is 25.8 Å². The third-order valence-corrected chi connectivity index (χ3v) is 3.11. The lowest BCUT2D eigenvalue weighted by molar-refractivity contribution is -0.142. The highest BCUT2D eigenvalue weighted by atomic mass is 127. The number of aromatic nitrogens is 2. The second-order valence-corrected chi connectivity index (χ2v) is 4.31. The highest BCUT2D eigenvalue weighted by molar-refractivity contribution is 14.1. The van der Waals surface area contributed by atoms with E-state index in [1.165, 1.54) is 6.08 Å². The molecule has 0 unspecified atom stereocenters. The summed E-state index contributed by atoms with van der Waals surface area (Å²) in [5.74, 6) is 0. The van der Waals surface area contributed by atoms with Crippen LogP contribution in [0.3, 0.4) is 0 Å². The van der Waals surface area contributed by atoms with E-state index in [0.717, 1.165) is 11.8 Å². The molecule has 0 aliphatic heterocycles. The van der Waals surface area contributed by atoms with Crippen molar-refractivity contribution in [3.05, 3.63) is 21.5 Å². The minimum Gasteiger partial charge on any atom is -0.222 e. The molecule has 1 aromatic rings. The zero-order chi connectivity index (χ0) is 11.6. The van der Waals surface area contributed by atoms with Crippen LogP contribution in [0.1, 0.15) is 11.4 Å². The molecular weight excluding hydrogens is 340 g/mol. The van der Waals surface area contributed by atoms with Gasteiger partial charge in [-0.2, -0.15) is 13.2 Å². The molecule has 0 radical (unpaired) electrons. The van der Waals surface area contributed by atoms with Crippen LogP contribution >= 0.6 is 34.4 Å². The van der Waals surface area contributed by atoms with Crippen LogP contribution < -0.4 is 0 Å². The Kier molecular flexibility index (Phi) is 3.99. The quantitative estimate of drug-likeness (QED) is 0.466. The van der Waals surface area contributed by atoms with E-state index in [1.807, 2.05) is 0 Å². The second kappa shape index (κ2) is 4.69. The molecule has 0 bridgehead atoms. The minimum absolute atomic E-state index is 0.0205. The van der Waals surface area contributed by atoms with Crippen LogP contribution in [0.4, 0.5) is 13.2 Å². The van der Waals surface area contributed by atoms with Crippen molar-refractivity contribution in [2.45, 2.75) is 11.3 Å². The fourth-order valence-corrected chi connectivity index (χ4v) is 2.00. The normalized spacial score (nSPS) is 11.5. The van der Waals surface area contributed by atoms with Gasteiger partial charge >= 0.3 is 6.18 Å². The smallest absolute Gasteiger partial charge is 0.222 e. The second-order valence-electron chi connectivity index (χ2n) is 2.46. The molecule has 0 amide bonds. The van der Waals surface area contributed by atoms with Gasteiger partial charge in [0.1, 0.15) is 0 Å². The van der Waals surface area contributed by atoms with Gasteiger partial charge < -0.3 is 0 Å². The lowest BCUT2D eigenvalue weighted by Crippen LogP contribution is -2.13. The molecule has 1 aromatic heterocycles. The Morgan fingerprint density at radius 1 is 1.40 bits per heavy atom. The molecule has 0 N–H and O–H groups in total. The number of rotatable bonds is 2. The molecule has 0 aliphatic carbocycles. The van der Waals surface area contributed by atoms with Gasteiger partial charge in [0.15, 0.2) is 10.9 Å². The van der Waals surface area contributed by atoms with Crippen molar-refractivity contribution < 1.29 is 13.2 Å². The first-order chi connectivity index (χ1) is 6.90. The maximum atomic E-state index is 12.5. The largest absolute Gasteiger partial charge is 0.434 e. The molecule has 2 nitrogen and oxygen atoms in total. The molecule has 0 saturated heterocycles. The highest BCUT2D eigenvalue weighted by Crippen LogP contribution is 2.33. The molecule has 7 heteroatoms. The maximum Gasteiger partial charge on any atom is 0.434 e. The molecule has 0 aliphatic rings. The van der Waals surface area contributed by atoms with Crippen molar-refractivity contribution in [2.24, 2.45) is 0 Å². The van der Waals surface area contributed by atoms with E-state index in [0.29, 0.717) is 0 Å². The summed E-state index contributed by atoms with van der Waals surface area (Å²) < 4.78 is 37.6. The monoisotopic (exact) mass is 346 g/mol. The van der Waals surface area contributed by atoms with E-state index in [4.69, 9.17) is 0 Å². The first-order valence-corrected chi connectivity index (χ1v) is 6.01. The first kappa shape index (κ1) is 12.8. The molecule has 0 aromatic carbocycles. The Bertz CT molecular complexity index is 392. The third kappa shape index (κ3) is 2.83. The predicted molar refractivity (Wildman–Crippen MR) is 61.6 cm³/mol. The molecule has 1 rings (SSSR count). The summed E-state index contributed by atoms with van der Waals surface area (Å²) in [4.78, 5) is 7.35. The zero-order valence-corrected chi connectivity index (χ0v) is 10.6. The van der Waals surface area contributed by atoms with E-state index in [-0.39, 0.29) is 14.4 Å². The lowest BCUT2D eigenvalue weighted by Gasteiger charge is -2.10. The number of hydrogen-bond acceptors (Lipinski definition) is 3. The third-order valence-electron chi connectivity index (χ3n) is 1.50. The summed E-state index contributed by atoms with van der Waals surface area (Å²) in [5.41, 5.74) is -0.695. The van der Waals surface area contributed by atoms with Gasteiger partial charge in [0.25, 0.3) is 0 Å². The van der Waals surface area contributed by atoms with Gasteiger partial charge in [-0.1, -0.05) is 18.3 Å². The van der Waals surface area contributed by atoms with E-state index >= 15 is 0 Å². The summed E-state index contributed by atoms with van der Waals surface area (Å²) in [6, 6.07) is 0. The Morgan fingerprint density at radius 2 is 2.00 bits per heavy atom. The summed E-state index contributed by atoms with van der Waals surface area (Å²) in [5, 5.41) is 0.0950. The lowest BCUT2D eigenvalue weighted by atomic mass is 10.3. The van der Waals surface area contributed by atoms with Gasteiger partial charge in [0.05, 0.1) is 9.26 Å². The van der Waals surface area contributed by atoms with Gasteiger partial charge in [-0.05, 0) is 34.9 Å². The van der Waals surface area contributed by atoms with Crippen molar-refractivity contribution in [2.75, 3.05) is 6.26 Å².